The molecule has 4 heteroatoms. The van der Waals surface area contributed by atoms with Crippen molar-refractivity contribution in [2.24, 2.45) is 0 Å². The fraction of sp³-hybridized carbons (Fsp3) is 0.217. The Balaban J connectivity index is 1.46. The van der Waals surface area contributed by atoms with Crippen LogP contribution in [0.3, 0.4) is 0 Å². The van der Waals surface area contributed by atoms with E-state index in [0.29, 0.717) is 24.3 Å². The molecule has 0 spiro atoms. The lowest BCUT2D eigenvalue weighted by Gasteiger charge is -2.12. The molecule has 2 N–H and O–H groups in total. The quantitative estimate of drug-likeness (QED) is 0.560. The second-order valence-corrected chi connectivity index (χ2v) is 6.86. The zero-order valence-electron chi connectivity index (χ0n) is 15.7. The van der Waals surface area contributed by atoms with E-state index in [1.54, 1.807) is 0 Å². The van der Waals surface area contributed by atoms with Crippen LogP contribution in [0.4, 0.5) is 0 Å². The highest BCUT2D eigenvalue weighted by Gasteiger charge is 2.15. The van der Waals surface area contributed by atoms with Crippen LogP contribution in [0, 0.1) is 0 Å². The van der Waals surface area contributed by atoms with Crippen molar-refractivity contribution in [3.05, 3.63) is 83.7 Å². The monoisotopic (exact) mass is 358 g/mol. The van der Waals surface area contributed by atoms with Crippen molar-refractivity contribution in [2.45, 2.75) is 32.9 Å². The van der Waals surface area contributed by atoms with E-state index in [4.69, 9.17) is 4.52 Å². The molecule has 3 aromatic carbocycles. The number of rotatable bonds is 6. The molecule has 0 saturated heterocycles. The maximum Gasteiger partial charge on any atom is 0.282 e. The lowest BCUT2D eigenvalue weighted by Crippen LogP contribution is -2.83. The van der Waals surface area contributed by atoms with Gasteiger partial charge in [-0.05, 0) is 29.7 Å². The Kier molecular flexibility index (Phi) is 4.99. The Labute approximate surface area is 159 Å². The lowest BCUT2D eigenvalue weighted by molar-refractivity contribution is -0.709. The number of fused-ring (bicyclic) bond motifs is 1. The first-order chi connectivity index (χ1) is 13.2. The Hall–Kier alpha value is -2.98. The molecule has 0 aliphatic carbocycles. The van der Waals surface area contributed by atoms with Crippen molar-refractivity contribution in [1.29, 1.82) is 0 Å². The van der Waals surface area contributed by atoms with E-state index in [2.05, 4.69) is 96.0 Å². The van der Waals surface area contributed by atoms with E-state index in [0.717, 1.165) is 12.0 Å². The molecule has 4 aromatic rings. The fourth-order valence-electron chi connectivity index (χ4n) is 3.40. The van der Waals surface area contributed by atoms with Gasteiger partial charge in [-0.15, -0.1) is 0 Å². The van der Waals surface area contributed by atoms with Crippen LogP contribution in [0.15, 0.2) is 71.3 Å². The average molecular weight is 358 g/mol. The van der Waals surface area contributed by atoms with Gasteiger partial charge in [-0.1, -0.05) is 78.8 Å². The first-order valence-corrected chi connectivity index (χ1v) is 9.47. The SMILES string of the molecule is CCc1ccc(-c2noc(C[NH2+][C@@H](C)c3cccc4ccccc34)n2)cc1. The highest BCUT2D eigenvalue weighted by Crippen LogP contribution is 2.22. The van der Waals surface area contributed by atoms with Gasteiger partial charge in [-0.3, -0.25) is 0 Å². The molecule has 0 radical (unpaired) electrons. The summed E-state index contributed by atoms with van der Waals surface area (Å²) in [5.74, 6) is 1.30. The van der Waals surface area contributed by atoms with Crippen LogP contribution in [0.1, 0.15) is 36.9 Å². The van der Waals surface area contributed by atoms with Gasteiger partial charge < -0.3 is 9.84 Å². The minimum absolute atomic E-state index is 0.301. The Bertz CT molecular complexity index is 1030. The third kappa shape index (κ3) is 3.76. The second-order valence-electron chi connectivity index (χ2n) is 6.86. The molecule has 0 bridgehead atoms. The zero-order chi connectivity index (χ0) is 18.6. The van der Waals surface area contributed by atoms with Gasteiger partial charge in [0, 0.05) is 11.1 Å². The Morgan fingerprint density at radius 3 is 2.56 bits per heavy atom. The number of nitrogens with zero attached hydrogens (tertiary/aromatic N) is 2. The molecule has 4 rings (SSSR count). The highest BCUT2D eigenvalue weighted by atomic mass is 16.5. The van der Waals surface area contributed by atoms with E-state index in [9.17, 15) is 0 Å². The highest BCUT2D eigenvalue weighted by molar-refractivity contribution is 5.85. The molecule has 1 atom stereocenters. The molecule has 4 nitrogen and oxygen atoms in total. The molecule has 0 unspecified atom stereocenters. The maximum absolute atomic E-state index is 5.46. The van der Waals surface area contributed by atoms with Crippen LogP contribution < -0.4 is 5.32 Å². The molecule has 0 aliphatic heterocycles. The minimum atomic E-state index is 0.301. The molecule has 27 heavy (non-hydrogen) atoms. The van der Waals surface area contributed by atoms with Crippen LogP contribution in [0.5, 0.6) is 0 Å². The van der Waals surface area contributed by atoms with Crippen LogP contribution in [-0.2, 0) is 13.0 Å². The van der Waals surface area contributed by atoms with Crippen LogP contribution in [0.2, 0.25) is 0 Å². The molecule has 0 aliphatic rings. The summed E-state index contributed by atoms with van der Waals surface area (Å²) in [7, 11) is 0. The molecule has 1 heterocycles. The van der Waals surface area contributed by atoms with Crippen LogP contribution in [0.25, 0.3) is 22.2 Å². The molecule has 136 valence electrons. The van der Waals surface area contributed by atoms with Crippen molar-refractivity contribution >= 4 is 10.8 Å². The van der Waals surface area contributed by atoms with Crippen molar-refractivity contribution < 1.29 is 9.84 Å². The zero-order valence-corrected chi connectivity index (χ0v) is 15.7. The van der Waals surface area contributed by atoms with Gasteiger partial charge in [0.15, 0.2) is 6.54 Å². The number of hydrogen-bond donors (Lipinski definition) is 1. The normalized spacial score (nSPS) is 12.4. The van der Waals surface area contributed by atoms with Crippen molar-refractivity contribution in [2.75, 3.05) is 0 Å². The van der Waals surface area contributed by atoms with Gasteiger partial charge in [0.05, 0.1) is 0 Å². The van der Waals surface area contributed by atoms with Crippen molar-refractivity contribution in [3.8, 4) is 11.4 Å². The number of quaternary nitrogens is 1. The van der Waals surface area contributed by atoms with E-state index < -0.39 is 0 Å². The summed E-state index contributed by atoms with van der Waals surface area (Å²) in [6.45, 7) is 5.02. The van der Waals surface area contributed by atoms with Crippen LogP contribution >= 0.6 is 0 Å². The summed E-state index contributed by atoms with van der Waals surface area (Å²) in [6, 6.07) is 23.6. The molecular formula is C23H24N3O+. The number of aryl methyl sites for hydroxylation is 1. The van der Waals surface area contributed by atoms with Crippen molar-refractivity contribution in [1.82, 2.24) is 10.1 Å². The summed E-state index contributed by atoms with van der Waals surface area (Å²) >= 11 is 0. The molecular weight excluding hydrogens is 334 g/mol. The van der Waals surface area contributed by atoms with Gasteiger partial charge >= 0.3 is 0 Å². The van der Waals surface area contributed by atoms with Gasteiger partial charge in [0.2, 0.25) is 5.82 Å². The van der Waals surface area contributed by atoms with Crippen LogP contribution in [-0.4, -0.2) is 10.1 Å². The summed E-state index contributed by atoms with van der Waals surface area (Å²) in [6.07, 6.45) is 1.03. The number of benzene rings is 3. The first kappa shape index (κ1) is 17.4. The fourth-order valence-corrected chi connectivity index (χ4v) is 3.40. The number of hydrogen-bond acceptors (Lipinski definition) is 3. The standard InChI is InChI=1S/C23H23N3O/c1-3-17-11-13-19(14-12-17)23-25-22(27-26-23)15-24-16(2)20-10-6-8-18-7-4-5-9-21(18)20/h4-14,16,24H,3,15H2,1-2H3/p+1/t16-/m0/s1. The predicted octanol–water partition coefficient (Wildman–Crippen LogP) is 4.28. The van der Waals surface area contributed by atoms with Crippen molar-refractivity contribution in [3.63, 3.8) is 0 Å². The average Bonchev–Trinajstić information content (AvgIpc) is 3.20. The van der Waals surface area contributed by atoms with E-state index in [-0.39, 0.29) is 0 Å². The van der Waals surface area contributed by atoms with Gasteiger partial charge in [-0.2, -0.15) is 4.98 Å². The molecule has 0 fully saturated rings. The van der Waals surface area contributed by atoms with Gasteiger partial charge in [0.1, 0.15) is 6.04 Å². The van der Waals surface area contributed by atoms with Gasteiger partial charge in [-0.25, -0.2) is 0 Å². The van der Waals surface area contributed by atoms with E-state index in [1.807, 2.05) is 0 Å². The Morgan fingerprint density at radius 1 is 0.963 bits per heavy atom. The molecule has 0 saturated carbocycles. The topological polar surface area (TPSA) is 55.5 Å². The molecule has 0 amide bonds. The number of aromatic nitrogens is 2. The predicted molar refractivity (Wildman–Crippen MR) is 107 cm³/mol. The van der Waals surface area contributed by atoms with E-state index >= 15 is 0 Å². The summed E-state index contributed by atoms with van der Waals surface area (Å²) in [5, 5.41) is 8.94. The lowest BCUT2D eigenvalue weighted by atomic mass is 10.00. The summed E-state index contributed by atoms with van der Waals surface area (Å²) in [5.41, 5.74) is 3.62. The Morgan fingerprint density at radius 2 is 1.74 bits per heavy atom. The summed E-state index contributed by atoms with van der Waals surface area (Å²) < 4.78 is 5.46. The smallest absolute Gasteiger partial charge is 0.282 e. The largest absolute Gasteiger partial charge is 0.333 e. The molecule has 1 aromatic heterocycles. The maximum atomic E-state index is 5.46. The second kappa shape index (κ2) is 7.72. The first-order valence-electron chi connectivity index (χ1n) is 9.47. The third-order valence-corrected chi connectivity index (χ3v) is 5.05. The van der Waals surface area contributed by atoms with E-state index in [1.165, 1.54) is 21.9 Å². The van der Waals surface area contributed by atoms with Gasteiger partial charge in [0.25, 0.3) is 5.89 Å². The number of nitrogens with two attached hydrogens (primary N) is 1. The third-order valence-electron chi connectivity index (χ3n) is 5.05. The summed E-state index contributed by atoms with van der Waals surface area (Å²) in [4.78, 5) is 4.55. The minimum Gasteiger partial charge on any atom is -0.333 e.